The largest absolute Gasteiger partial charge is 0.271 e. The number of rotatable bonds is 3. The lowest BCUT2D eigenvalue weighted by Gasteiger charge is -2.19. The number of carbonyl (C=O) groups excluding carboxylic acids is 1. The van der Waals surface area contributed by atoms with E-state index in [-0.39, 0.29) is 5.91 Å². The maximum absolute atomic E-state index is 12.2. The monoisotopic (exact) mass is 306 g/mol. The number of nitrogens with one attached hydrogen (secondary N) is 1. The smallest absolute Gasteiger partial charge is 0.267 e. The summed E-state index contributed by atoms with van der Waals surface area (Å²) in [6.07, 6.45) is 4.59. The molecule has 0 radical (unpaired) electrons. The average molecular weight is 306 g/mol. The molecule has 118 valence electrons. The highest BCUT2D eigenvalue weighted by atomic mass is 16.2. The number of hydrazone groups is 1. The number of carbonyl (C=O) groups is 1. The fourth-order valence-electron chi connectivity index (χ4n) is 2.97. The molecule has 1 aliphatic rings. The Kier molecular flexibility index (Phi) is 4.86. The lowest BCUT2D eigenvalue weighted by molar-refractivity contribution is 0.0954. The first-order valence-electron chi connectivity index (χ1n) is 8.26. The number of hydrogen-bond donors (Lipinski definition) is 1. The summed E-state index contributed by atoms with van der Waals surface area (Å²) < 4.78 is 0. The minimum absolute atomic E-state index is 0.144. The van der Waals surface area contributed by atoms with E-state index >= 15 is 0 Å². The van der Waals surface area contributed by atoms with Crippen molar-refractivity contribution in [3.63, 3.8) is 0 Å². The molecule has 0 bridgehead atoms. The van der Waals surface area contributed by atoms with Crippen LogP contribution in [0.5, 0.6) is 0 Å². The predicted octanol–water partition coefficient (Wildman–Crippen LogP) is 4.65. The van der Waals surface area contributed by atoms with Crippen molar-refractivity contribution in [3.8, 4) is 11.1 Å². The molecule has 1 fully saturated rings. The molecular weight excluding hydrogens is 284 g/mol. The number of amides is 1. The van der Waals surface area contributed by atoms with Gasteiger partial charge in [-0.3, -0.25) is 4.79 Å². The van der Waals surface area contributed by atoms with Crippen molar-refractivity contribution >= 4 is 11.6 Å². The van der Waals surface area contributed by atoms with Gasteiger partial charge in [-0.25, -0.2) is 5.43 Å². The van der Waals surface area contributed by atoms with Crippen LogP contribution in [0.15, 0.2) is 59.7 Å². The molecule has 3 nitrogen and oxygen atoms in total. The van der Waals surface area contributed by atoms with E-state index in [0.29, 0.717) is 11.5 Å². The summed E-state index contributed by atoms with van der Waals surface area (Å²) in [5.74, 6) is 0.333. The van der Waals surface area contributed by atoms with Crippen LogP contribution in [0, 0.1) is 5.92 Å². The van der Waals surface area contributed by atoms with E-state index in [4.69, 9.17) is 0 Å². The summed E-state index contributed by atoms with van der Waals surface area (Å²) in [4.78, 5) is 12.2. The van der Waals surface area contributed by atoms with E-state index < -0.39 is 0 Å². The number of hydrogen-bond acceptors (Lipinski definition) is 2. The average Bonchev–Trinajstić information content (AvgIpc) is 2.62. The van der Waals surface area contributed by atoms with Crippen LogP contribution in [0.25, 0.3) is 11.1 Å². The van der Waals surface area contributed by atoms with Gasteiger partial charge in [0.25, 0.3) is 5.91 Å². The highest BCUT2D eigenvalue weighted by molar-refractivity contribution is 5.96. The van der Waals surface area contributed by atoms with Gasteiger partial charge < -0.3 is 0 Å². The van der Waals surface area contributed by atoms with Gasteiger partial charge in [0, 0.05) is 11.3 Å². The van der Waals surface area contributed by atoms with E-state index in [9.17, 15) is 4.79 Å². The minimum atomic E-state index is -0.144. The van der Waals surface area contributed by atoms with Crippen molar-refractivity contribution in [2.24, 2.45) is 11.0 Å². The molecular formula is C20H22N2O. The third-order valence-corrected chi connectivity index (χ3v) is 4.44. The second-order valence-corrected chi connectivity index (χ2v) is 6.13. The molecule has 2 aromatic carbocycles. The van der Waals surface area contributed by atoms with E-state index in [0.717, 1.165) is 23.3 Å². The van der Waals surface area contributed by atoms with Gasteiger partial charge in [0.2, 0.25) is 0 Å². The van der Waals surface area contributed by atoms with Gasteiger partial charge in [-0.05, 0) is 48.4 Å². The fourth-order valence-corrected chi connectivity index (χ4v) is 2.97. The van der Waals surface area contributed by atoms with Crippen molar-refractivity contribution < 1.29 is 4.79 Å². The molecule has 0 heterocycles. The molecule has 1 unspecified atom stereocenters. The molecule has 1 N–H and O–H groups in total. The molecule has 0 saturated heterocycles. The highest BCUT2D eigenvalue weighted by Crippen LogP contribution is 2.21. The first-order chi connectivity index (χ1) is 11.2. The molecule has 0 aromatic heterocycles. The molecule has 3 heteroatoms. The van der Waals surface area contributed by atoms with Gasteiger partial charge in [0.05, 0.1) is 0 Å². The Bertz CT molecular complexity index is 689. The molecule has 23 heavy (non-hydrogen) atoms. The van der Waals surface area contributed by atoms with Gasteiger partial charge >= 0.3 is 0 Å². The second kappa shape index (κ2) is 7.23. The van der Waals surface area contributed by atoms with Crippen LogP contribution in [0.3, 0.4) is 0 Å². The molecule has 2 aromatic rings. The summed E-state index contributed by atoms with van der Waals surface area (Å²) in [6, 6.07) is 17.8. The Morgan fingerprint density at radius 1 is 1.00 bits per heavy atom. The lowest BCUT2D eigenvalue weighted by Crippen LogP contribution is -2.24. The van der Waals surface area contributed by atoms with Gasteiger partial charge in [0.15, 0.2) is 0 Å². The lowest BCUT2D eigenvalue weighted by atomic mass is 9.89. The standard InChI is InChI=1S/C20H22N2O/c1-15-7-5-6-10-19(15)21-22-20(23)18-13-11-17(12-14-18)16-8-3-2-4-9-16/h2-4,8-9,11-15H,5-7,10H2,1H3,(H,22,23)/b21-19+. The summed E-state index contributed by atoms with van der Waals surface area (Å²) in [5.41, 5.74) is 6.71. The zero-order valence-corrected chi connectivity index (χ0v) is 13.5. The summed E-state index contributed by atoms with van der Waals surface area (Å²) in [6.45, 7) is 2.18. The Morgan fingerprint density at radius 3 is 2.39 bits per heavy atom. The van der Waals surface area contributed by atoms with Crippen LogP contribution in [-0.4, -0.2) is 11.6 Å². The van der Waals surface area contributed by atoms with Gasteiger partial charge in [-0.1, -0.05) is 55.8 Å². The Balaban J connectivity index is 1.67. The van der Waals surface area contributed by atoms with Crippen LogP contribution in [0.1, 0.15) is 43.0 Å². The number of benzene rings is 2. The maximum atomic E-state index is 12.2. The first-order valence-corrected chi connectivity index (χ1v) is 8.26. The summed E-state index contributed by atoms with van der Waals surface area (Å²) >= 11 is 0. The van der Waals surface area contributed by atoms with Crippen LogP contribution in [0.4, 0.5) is 0 Å². The molecule has 1 amide bonds. The van der Waals surface area contributed by atoms with E-state index in [1.54, 1.807) is 0 Å². The summed E-state index contributed by atoms with van der Waals surface area (Å²) in [7, 11) is 0. The fraction of sp³-hybridized carbons (Fsp3) is 0.300. The molecule has 1 saturated carbocycles. The van der Waals surface area contributed by atoms with Crippen LogP contribution < -0.4 is 5.43 Å². The van der Waals surface area contributed by atoms with Crippen molar-refractivity contribution in [1.29, 1.82) is 0 Å². The van der Waals surface area contributed by atoms with Crippen molar-refractivity contribution in [1.82, 2.24) is 5.43 Å². The normalized spacial score (nSPS) is 19.5. The van der Waals surface area contributed by atoms with Crippen LogP contribution in [0.2, 0.25) is 0 Å². The van der Waals surface area contributed by atoms with Crippen LogP contribution in [-0.2, 0) is 0 Å². The first kappa shape index (κ1) is 15.5. The zero-order chi connectivity index (χ0) is 16.1. The minimum Gasteiger partial charge on any atom is -0.267 e. The summed E-state index contributed by atoms with van der Waals surface area (Å²) in [5, 5.41) is 4.34. The highest BCUT2D eigenvalue weighted by Gasteiger charge is 2.16. The predicted molar refractivity (Wildman–Crippen MR) is 94.4 cm³/mol. The van der Waals surface area contributed by atoms with Gasteiger partial charge in [-0.15, -0.1) is 0 Å². The Hall–Kier alpha value is -2.42. The SMILES string of the molecule is CC1CCCC/C1=N\NC(=O)c1ccc(-c2ccccc2)cc1. The molecule has 1 aliphatic carbocycles. The number of nitrogens with zero attached hydrogens (tertiary/aromatic N) is 1. The van der Waals surface area contributed by atoms with Gasteiger partial charge in [0.1, 0.15) is 0 Å². The topological polar surface area (TPSA) is 41.5 Å². The Morgan fingerprint density at radius 2 is 1.70 bits per heavy atom. The van der Waals surface area contributed by atoms with Gasteiger partial charge in [-0.2, -0.15) is 5.10 Å². The molecule has 3 rings (SSSR count). The van der Waals surface area contributed by atoms with E-state index in [1.165, 1.54) is 19.3 Å². The third kappa shape index (κ3) is 3.86. The van der Waals surface area contributed by atoms with Crippen LogP contribution >= 0.6 is 0 Å². The zero-order valence-electron chi connectivity index (χ0n) is 13.5. The second-order valence-electron chi connectivity index (χ2n) is 6.13. The molecule has 0 aliphatic heterocycles. The maximum Gasteiger partial charge on any atom is 0.271 e. The van der Waals surface area contributed by atoms with Crippen molar-refractivity contribution in [2.75, 3.05) is 0 Å². The molecule has 1 atom stereocenters. The Labute approximate surface area is 137 Å². The quantitative estimate of drug-likeness (QED) is 0.824. The third-order valence-electron chi connectivity index (χ3n) is 4.44. The van der Waals surface area contributed by atoms with Crippen molar-refractivity contribution in [3.05, 3.63) is 60.2 Å². The van der Waals surface area contributed by atoms with E-state index in [1.807, 2.05) is 42.5 Å². The van der Waals surface area contributed by atoms with Crippen molar-refractivity contribution in [2.45, 2.75) is 32.6 Å². The van der Waals surface area contributed by atoms with E-state index in [2.05, 4.69) is 29.6 Å². The molecule has 0 spiro atoms.